The highest BCUT2D eigenvalue weighted by atomic mass is 32.2. The Balaban J connectivity index is 2.13. The lowest BCUT2D eigenvalue weighted by atomic mass is 9.96. The van der Waals surface area contributed by atoms with Crippen LogP contribution < -0.4 is 5.32 Å². The van der Waals surface area contributed by atoms with Crippen LogP contribution in [0.15, 0.2) is 34.9 Å². The predicted molar refractivity (Wildman–Crippen MR) is 123 cm³/mol. The van der Waals surface area contributed by atoms with Crippen LogP contribution in [-0.2, 0) is 22.4 Å². The lowest BCUT2D eigenvalue weighted by molar-refractivity contribution is -0.137. The highest BCUT2D eigenvalue weighted by molar-refractivity contribution is 7.98. The number of thioether (sulfide) groups is 1. The fourth-order valence-corrected chi connectivity index (χ4v) is 3.75. The largest absolute Gasteiger partial charge is 0.508 e. The van der Waals surface area contributed by atoms with Crippen LogP contribution in [0.4, 0.5) is 0 Å². The van der Waals surface area contributed by atoms with Gasteiger partial charge in [-0.15, -0.1) is 0 Å². The Hall–Kier alpha value is -2.69. The number of carbonyl (C=O) groups is 3. The number of nitrogens with zero attached hydrogens (tertiary/aromatic N) is 1. The molecule has 2 aromatic rings. The molecule has 1 heterocycles. The van der Waals surface area contributed by atoms with Crippen molar-refractivity contribution in [2.45, 2.75) is 51.4 Å². The number of ketones is 2. The number of benzene rings is 1. The second-order valence-electron chi connectivity index (χ2n) is 7.94. The molecule has 4 N–H and O–H groups in total. The van der Waals surface area contributed by atoms with Crippen LogP contribution in [-0.4, -0.2) is 68.0 Å². The maximum Gasteiger partial charge on any atom is 0.273 e. The standard InChI is InChI=1S/C23H30N2O7S/c1-13(21(29)14(2)26)10-20-24-18(12-32-20)23(31)25-17(22(30)19(28)8-9-33-3)11-15-4-6-16(27)7-5-15/h4-7,12-13,17,19,22,27-28,30H,8-11H2,1-3H3,(H,25,31). The van der Waals surface area contributed by atoms with Crippen molar-refractivity contribution in [3.8, 4) is 5.75 Å². The normalized spacial score (nSPS) is 14.8. The van der Waals surface area contributed by atoms with Gasteiger partial charge in [0.05, 0.1) is 12.1 Å². The zero-order valence-electron chi connectivity index (χ0n) is 18.9. The van der Waals surface area contributed by atoms with Crippen molar-refractivity contribution in [3.05, 3.63) is 47.7 Å². The van der Waals surface area contributed by atoms with E-state index in [4.69, 9.17) is 4.42 Å². The van der Waals surface area contributed by atoms with E-state index in [-0.39, 0.29) is 30.2 Å². The highest BCUT2D eigenvalue weighted by Crippen LogP contribution is 2.17. The third-order valence-electron chi connectivity index (χ3n) is 5.19. The van der Waals surface area contributed by atoms with E-state index in [9.17, 15) is 29.7 Å². The van der Waals surface area contributed by atoms with Crippen molar-refractivity contribution < 1.29 is 34.1 Å². The smallest absolute Gasteiger partial charge is 0.273 e. The number of oxazole rings is 1. The number of phenolic OH excluding ortho intramolecular Hbond substituents is 1. The monoisotopic (exact) mass is 478 g/mol. The lowest BCUT2D eigenvalue weighted by Crippen LogP contribution is -2.50. The molecule has 33 heavy (non-hydrogen) atoms. The summed E-state index contributed by atoms with van der Waals surface area (Å²) in [4.78, 5) is 39.9. The second-order valence-corrected chi connectivity index (χ2v) is 8.93. The zero-order valence-corrected chi connectivity index (χ0v) is 19.7. The van der Waals surface area contributed by atoms with Gasteiger partial charge in [-0.2, -0.15) is 11.8 Å². The van der Waals surface area contributed by atoms with E-state index in [1.807, 2.05) is 6.26 Å². The van der Waals surface area contributed by atoms with E-state index in [1.165, 1.54) is 30.8 Å². The zero-order chi connectivity index (χ0) is 24.5. The number of nitrogens with one attached hydrogen (secondary N) is 1. The number of aromatic hydroxyl groups is 1. The molecule has 0 aliphatic heterocycles. The summed E-state index contributed by atoms with van der Waals surface area (Å²) in [6.07, 6.45) is 1.36. The minimum atomic E-state index is -1.24. The molecule has 1 aromatic heterocycles. The van der Waals surface area contributed by atoms with Crippen molar-refractivity contribution in [2.24, 2.45) is 5.92 Å². The van der Waals surface area contributed by atoms with Crippen LogP contribution >= 0.6 is 11.8 Å². The van der Waals surface area contributed by atoms with Crippen molar-refractivity contribution >= 4 is 29.2 Å². The van der Waals surface area contributed by atoms with E-state index in [1.54, 1.807) is 19.1 Å². The van der Waals surface area contributed by atoms with Crippen molar-refractivity contribution in [3.63, 3.8) is 0 Å². The molecule has 2 rings (SSSR count). The summed E-state index contributed by atoms with van der Waals surface area (Å²) < 4.78 is 5.28. The first-order valence-corrected chi connectivity index (χ1v) is 11.9. The summed E-state index contributed by atoms with van der Waals surface area (Å²) in [7, 11) is 0. The van der Waals surface area contributed by atoms with Gasteiger partial charge in [0, 0.05) is 19.3 Å². The number of aliphatic hydroxyl groups excluding tert-OH is 2. The van der Waals surface area contributed by atoms with Gasteiger partial charge >= 0.3 is 0 Å². The molecule has 10 heteroatoms. The first kappa shape index (κ1) is 26.6. The average molecular weight is 479 g/mol. The summed E-state index contributed by atoms with van der Waals surface area (Å²) in [5, 5.41) is 33.3. The Morgan fingerprint density at radius 3 is 2.42 bits per heavy atom. The molecule has 0 bridgehead atoms. The fourth-order valence-electron chi connectivity index (χ4n) is 3.27. The lowest BCUT2D eigenvalue weighted by Gasteiger charge is -2.27. The summed E-state index contributed by atoms with van der Waals surface area (Å²) in [6, 6.07) is 5.49. The maximum absolute atomic E-state index is 12.8. The number of amides is 1. The third kappa shape index (κ3) is 7.99. The number of rotatable bonds is 13. The van der Waals surface area contributed by atoms with E-state index in [0.29, 0.717) is 12.2 Å². The SMILES string of the molecule is CSCCC(O)C(O)C(Cc1ccc(O)cc1)NC(=O)c1coc(CC(C)C(=O)C(C)=O)n1. The summed E-state index contributed by atoms with van der Waals surface area (Å²) in [5.74, 6) is -1.48. The van der Waals surface area contributed by atoms with Crippen molar-refractivity contribution in [1.82, 2.24) is 10.3 Å². The van der Waals surface area contributed by atoms with Gasteiger partial charge in [-0.25, -0.2) is 4.98 Å². The molecular formula is C23H30N2O7S. The van der Waals surface area contributed by atoms with E-state index in [2.05, 4.69) is 10.3 Å². The number of hydrogen-bond acceptors (Lipinski definition) is 9. The van der Waals surface area contributed by atoms with E-state index >= 15 is 0 Å². The van der Waals surface area contributed by atoms with E-state index < -0.39 is 41.6 Å². The first-order chi connectivity index (χ1) is 15.6. The Kier molecular flexibility index (Phi) is 10.1. The summed E-state index contributed by atoms with van der Waals surface area (Å²) in [6.45, 7) is 2.77. The minimum absolute atomic E-state index is 0.0472. The number of hydrogen-bond donors (Lipinski definition) is 4. The Morgan fingerprint density at radius 2 is 1.82 bits per heavy atom. The van der Waals surface area contributed by atoms with Crippen molar-refractivity contribution in [1.29, 1.82) is 0 Å². The van der Waals surface area contributed by atoms with Gasteiger partial charge in [-0.3, -0.25) is 14.4 Å². The molecule has 0 saturated heterocycles. The van der Waals surface area contributed by atoms with Crippen LogP contribution in [0.3, 0.4) is 0 Å². The molecule has 0 fully saturated rings. The van der Waals surface area contributed by atoms with Gasteiger partial charge in [0.2, 0.25) is 5.78 Å². The molecule has 9 nitrogen and oxygen atoms in total. The highest BCUT2D eigenvalue weighted by Gasteiger charge is 2.29. The first-order valence-electron chi connectivity index (χ1n) is 10.5. The average Bonchev–Trinajstić information content (AvgIpc) is 3.25. The van der Waals surface area contributed by atoms with E-state index in [0.717, 1.165) is 11.8 Å². The molecular weight excluding hydrogens is 448 g/mol. The quantitative estimate of drug-likeness (QED) is 0.314. The Labute approximate surface area is 196 Å². The van der Waals surface area contributed by atoms with Gasteiger partial charge in [0.15, 0.2) is 17.4 Å². The topological polar surface area (TPSA) is 150 Å². The molecule has 4 unspecified atom stereocenters. The van der Waals surface area contributed by atoms with Crippen molar-refractivity contribution in [2.75, 3.05) is 12.0 Å². The Bertz CT molecular complexity index is 945. The number of carbonyl (C=O) groups excluding carboxylic acids is 3. The molecule has 0 spiro atoms. The number of aliphatic hydroxyl groups is 2. The molecule has 0 radical (unpaired) electrons. The Morgan fingerprint density at radius 1 is 1.15 bits per heavy atom. The predicted octanol–water partition coefficient (Wildman–Crippen LogP) is 1.53. The van der Waals surface area contributed by atoms with Gasteiger partial charge in [-0.05, 0) is 42.5 Å². The molecule has 1 amide bonds. The summed E-state index contributed by atoms with van der Waals surface area (Å²) >= 11 is 1.53. The number of Topliss-reactive ketones (excluding diaryl/α,β-unsaturated/α-hetero) is 2. The minimum Gasteiger partial charge on any atom is -0.508 e. The maximum atomic E-state index is 12.8. The number of aromatic nitrogens is 1. The molecule has 0 aliphatic carbocycles. The molecule has 0 saturated carbocycles. The van der Waals surface area contributed by atoms with Gasteiger partial charge in [-0.1, -0.05) is 19.1 Å². The van der Waals surface area contributed by atoms with Crippen LogP contribution in [0.1, 0.15) is 42.2 Å². The van der Waals surface area contributed by atoms with Gasteiger partial charge < -0.3 is 25.1 Å². The summed E-state index contributed by atoms with van der Waals surface area (Å²) in [5.41, 5.74) is 0.695. The van der Waals surface area contributed by atoms with Gasteiger partial charge in [0.1, 0.15) is 18.1 Å². The molecule has 180 valence electrons. The van der Waals surface area contributed by atoms with Crippen LogP contribution in [0, 0.1) is 5.92 Å². The second kappa shape index (κ2) is 12.5. The molecule has 1 aromatic carbocycles. The van der Waals surface area contributed by atoms with Crippen LogP contribution in [0.2, 0.25) is 0 Å². The third-order valence-corrected chi connectivity index (χ3v) is 5.84. The van der Waals surface area contributed by atoms with Gasteiger partial charge in [0.25, 0.3) is 5.91 Å². The number of phenols is 1. The van der Waals surface area contributed by atoms with Crippen LogP contribution in [0.5, 0.6) is 5.75 Å². The molecule has 0 aliphatic rings. The molecule has 4 atom stereocenters. The fraction of sp³-hybridized carbons (Fsp3) is 0.478. The van der Waals surface area contributed by atoms with Crippen LogP contribution in [0.25, 0.3) is 0 Å².